The minimum Gasteiger partial charge on any atom is -0.461 e. The summed E-state index contributed by atoms with van der Waals surface area (Å²) in [6.07, 6.45) is -0.0939. The molecular weight excluding hydrogens is 581 g/mol. The van der Waals surface area contributed by atoms with Crippen LogP contribution in [0.5, 0.6) is 0 Å². The summed E-state index contributed by atoms with van der Waals surface area (Å²) in [4.78, 5) is 19.6. The summed E-state index contributed by atoms with van der Waals surface area (Å²) in [7, 11) is 0. The van der Waals surface area contributed by atoms with Gasteiger partial charge in [-0.05, 0) is 48.7 Å². The molecule has 6 rings (SSSR count). The van der Waals surface area contributed by atoms with Crippen LogP contribution in [0.3, 0.4) is 0 Å². The van der Waals surface area contributed by atoms with E-state index in [4.69, 9.17) is 8.83 Å². The maximum atomic E-state index is 13.4. The van der Waals surface area contributed by atoms with E-state index in [9.17, 15) is 18.0 Å². The van der Waals surface area contributed by atoms with Gasteiger partial charge < -0.3 is 14.2 Å². The predicted octanol–water partition coefficient (Wildman–Crippen LogP) is 6.22. The van der Waals surface area contributed by atoms with E-state index in [1.165, 1.54) is 34.8 Å². The van der Waals surface area contributed by atoms with E-state index in [-0.39, 0.29) is 40.8 Å². The van der Waals surface area contributed by atoms with Crippen molar-refractivity contribution in [2.45, 2.75) is 42.5 Å². The van der Waals surface area contributed by atoms with Gasteiger partial charge in [0.1, 0.15) is 6.26 Å². The molecule has 1 aliphatic heterocycles. The minimum absolute atomic E-state index is 0.0417. The van der Waals surface area contributed by atoms with Crippen molar-refractivity contribution in [2.75, 3.05) is 13.1 Å². The van der Waals surface area contributed by atoms with Gasteiger partial charge in [-0.25, -0.2) is 4.98 Å². The lowest BCUT2D eigenvalue weighted by molar-refractivity contribution is -0.137. The number of nitrogens with one attached hydrogen (secondary N) is 1. The van der Waals surface area contributed by atoms with Crippen LogP contribution in [0.1, 0.15) is 40.3 Å². The number of oxazole rings is 1. The predicted molar refractivity (Wildman–Crippen MR) is 152 cm³/mol. The van der Waals surface area contributed by atoms with Gasteiger partial charge in [0.25, 0.3) is 5.91 Å². The fourth-order valence-electron chi connectivity index (χ4n) is 4.93. The average molecular weight is 609 g/mol. The van der Waals surface area contributed by atoms with Crippen LogP contribution in [0.4, 0.5) is 13.2 Å². The minimum atomic E-state index is -4.52. The fourth-order valence-corrected chi connectivity index (χ4v) is 5.73. The number of carbonyl (C=O) groups excluding carboxylic acids is 1. The maximum absolute atomic E-state index is 13.4. The zero-order valence-electron chi connectivity index (χ0n) is 22.8. The van der Waals surface area contributed by atoms with Crippen LogP contribution in [0, 0.1) is 0 Å². The number of rotatable bonds is 9. The number of likely N-dealkylation sites (tertiary alicyclic amines) is 1. The molecular formula is C30H27F3N6O3S. The molecule has 1 amide bonds. The van der Waals surface area contributed by atoms with Gasteiger partial charge in [-0.1, -0.05) is 48.2 Å². The summed E-state index contributed by atoms with van der Waals surface area (Å²) in [5.41, 5.74) is 0.850. The lowest BCUT2D eigenvalue weighted by Crippen LogP contribution is -2.44. The first kappa shape index (κ1) is 28.7. The molecule has 43 heavy (non-hydrogen) atoms. The number of nitrogens with zero attached hydrogens (tertiary/aromatic N) is 5. The average Bonchev–Trinajstić information content (AvgIpc) is 3.78. The first-order chi connectivity index (χ1) is 20.8. The number of halogens is 3. The number of thioether (sulfide) groups is 1. The van der Waals surface area contributed by atoms with Gasteiger partial charge in [0.2, 0.25) is 11.7 Å². The molecule has 1 fully saturated rings. The SMILES string of the molecule is O=C(NC1CCN(Cc2ccccc2)CC1)c1coc(CSc2nnc(-c3ccco3)n2-c2cccc(C(F)(F)F)c2)n1. The smallest absolute Gasteiger partial charge is 0.416 e. The van der Waals surface area contributed by atoms with Crippen LogP contribution in [0.2, 0.25) is 0 Å². The molecule has 2 aromatic carbocycles. The lowest BCUT2D eigenvalue weighted by Gasteiger charge is -2.32. The van der Waals surface area contributed by atoms with Gasteiger partial charge in [-0.2, -0.15) is 13.2 Å². The largest absolute Gasteiger partial charge is 0.461 e. The van der Waals surface area contributed by atoms with Crippen LogP contribution >= 0.6 is 11.8 Å². The number of furan rings is 1. The third-order valence-electron chi connectivity index (χ3n) is 7.09. The molecule has 0 aliphatic carbocycles. The molecule has 9 nitrogen and oxygen atoms in total. The quantitative estimate of drug-likeness (QED) is 0.197. The topological polar surface area (TPSA) is 102 Å². The van der Waals surface area contributed by atoms with Gasteiger partial charge in [0.15, 0.2) is 16.6 Å². The highest BCUT2D eigenvalue weighted by Crippen LogP contribution is 2.34. The van der Waals surface area contributed by atoms with Gasteiger partial charge in [-0.3, -0.25) is 14.3 Å². The van der Waals surface area contributed by atoms with Gasteiger partial charge in [-0.15, -0.1) is 10.2 Å². The number of alkyl halides is 3. The van der Waals surface area contributed by atoms with Crippen molar-refractivity contribution in [1.29, 1.82) is 0 Å². The summed E-state index contributed by atoms with van der Waals surface area (Å²) in [5.74, 6) is 0.715. The third-order valence-corrected chi connectivity index (χ3v) is 8.00. The number of carbonyl (C=O) groups is 1. The van der Waals surface area contributed by atoms with Crippen molar-refractivity contribution in [3.8, 4) is 17.3 Å². The Morgan fingerprint density at radius 3 is 2.56 bits per heavy atom. The number of amides is 1. The Morgan fingerprint density at radius 1 is 1.00 bits per heavy atom. The standard InChI is InChI=1S/C30H27F3N6O3S/c31-30(32,33)21-8-4-9-23(16-21)39-27(25-10-5-15-41-25)36-37-29(39)43-19-26-35-24(18-42-26)28(40)34-22-11-13-38(14-12-22)17-20-6-2-1-3-7-20/h1-10,15-16,18,22H,11-14,17,19H2,(H,34,40). The molecule has 0 saturated carbocycles. The number of benzene rings is 2. The van der Waals surface area contributed by atoms with Crippen LogP contribution in [-0.4, -0.2) is 49.7 Å². The fraction of sp³-hybridized carbons (Fsp3) is 0.267. The van der Waals surface area contributed by atoms with Crippen LogP contribution in [-0.2, 0) is 18.5 Å². The van der Waals surface area contributed by atoms with Crippen molar-refractivity contribution in [3.63, 3.8) is 0 Å². The van der Waals surface area contributed by atoms with Crippen LogP contribution in [0.15, 0.2) is 93.2 Å². The number of hydrogen-bond donors (Lipinski definition) is 1. The van der Waals surface area contributed by atoms with Gasteiger partial charge in [0.05, 0.1) is 23.3 Å². The monoisotopic (exact) mass is 608 g/mol. The number of hydrogen-bond acceptors (Lipinski definition) is 8. The molecule has 1 saturated heterocycles. The molecule has 0 radical (unpaired) electrons. The summed E-state index contributed by atoms with van der Waals surface area (Å²) in [5, 5.41) is 11.7. The molecule has 4 heterocycles. The highest BCUT2D eigenvalue weighted by molar-refractivity contribution is 7.98. The summed E-state index contributed by atoms with van der Waals surface area (Å²) in [6, 6.07) is 18.5. The zero-order valence-corrected chi connectivity index (χ0v) is 23.6. The lowest BCUT2D eigenvalue weighted by atomic mass is 10.0. The Balaban J connectivity index is 1.10. The van der Waals surface area contributed by atoms with E-state index in [2.05, 4.69) is 37.5 Å². The van der Waals surface area contributed by atoms with Crippen molar-refractivity contribution in [3.05, 3.63) is 102 Å². The Hall–Kier alpha value is -4.36. The molecule has 5 aromatic rings. The van der Waals surface area contributed by atoms with Gasteiger partial charge >= 0.3 is 6.18 Å². The molecule has 0 bridgehead atoms. The first-order valence-electron chi connectivity index (χ1n) is 13.6. The van der Waals surface area contributed by atoms with E-state index >= 15 is 0 Å². The van der Waals surface area contributed by atoms with Crippen LogP contribution < -0.4 is 5.32 Å². The van der Waals surface area contributed by atoms with E-state index in [0.717, 1.165) is 56.4 Å². The normalized spacial score (nSPS) is 14.7. The molecule has 0 spiro atoms. The van der Waals surface area contributed by atoms with Gasteiger partial charge in [0, 0.05) is 25.7 Å². The maximum Gasteiger partial charge on any atom is 0.416 e. The summed E-state index contributed by atoms with van der Waals surface area (Å²) >= 11 is 1.16. The second-order valence-corrected chi connectivity index (χ2v) is 11.0. The Labute approximate surface area is 249 Å². The second kappa shape index (κ2) is 12.5. The molecule has 1 N–H and O–H groups in total. The van der Waals surface area contributed by atoms with E-state index in [0.29, 0.717) is 10.9 Å². The van der Waals surface area contributed by atoms with Crippen molar-refractivity contribution in [1.82, 2.24) is 30.0 Å². The second-order valence-electron chi connectivity index (χ2n) is 10.1. The highest BCUT2D eigenvalue weighted by atomic mass is 32.2. The first-order valence-corrected chi connectivity index (χ1v) is 14.6. The molecule has 222 valence electrons. The summed E-state index contributed by atoms with van der Waals surface area (Å²) < 4.78 is 52.8. The Bertz CT molecular complexity index is 1660. The Kier molecular flexibility index (Phi) is 8.34. The Morgan fingerprint density at radius 2 is 1.81 bits per heavy atom. The molecule has 3 aromatic heterocycles. The van der Waals surface area contributed by atoms with Crippen molar-refractivity contribution >= 4 is 17.7 Å². The molecule has 0 atom stereocenters. The number of piperidine rings is 1. The summed E-state index contributed by atoms with van der Waals surface area (Å²) in [6.45, 7) is 2.65. The van der Waals surface area contributed by atoms with Crippen LogP contribution in [0.25, 0.3) is 17.3 Å². The zero-order chi connectivity index (χ0) is 29.8. The van der Waals surface area contributed by atoms with Crippen molar-refractivity contribution in [2.24, 2.45) is 0 Å². The van der Waals surface area contributed by atoms with E-state index < -0.39 is 11.7 Å². The third kappa shape index (κ3) is 6.83. The van der Waals surface area contributed by atoms with E-state index in [1.54, 1.807) is 12.1 Å². The molecule has 0 unspecified atom stereocenters. The molecule has 1 aliphatic rings. The van der Waals surface area contributed by atoms with Crippen molar-refractivity contribution < 1.29 is 26.8 Å². The highest BCUT2D eigenvalue weighted by Gasteiger charge is 2.31. The number of aromatic nitrogens is 4. The van der Waals surface area contributed by atoms with E-state index in [1.807, 2.05) is 18.2 Å². The molecule has 13 heteroatoms.